The van der Waals surface area contributed by atoms with E-state index in [1.807, 2.05) is 7.05 Å². The Morgan fingerprint density at radius 1 is 1.33 bits per heavy atom. The molecule has 2 amide bonds. The molecule has 5 nitrogen and oxygen atoms in total. The van der Waals surface area contributed by atoms with E-state index in [2.05, 4.69) is 0 Å². The standard InChI is InChI=1S/C13H16N2O3/c1-15(10-4-5-10)13(17)9-2-6-11(7-3-9)18-8-12(14)16/h2-3,6-7,10H,4-5,8H2,1H3,(H2,14,16). The minimum absolute atomic E-state index is 0.0129. The quantitative estimate of drug-likeness (QED) is 0.837. The highest BCUT2D eigenvalue weighted by molar-refractivity contribution is 5.94. The zero-order valence-corrected chi connectivity index (χ0v) is 10.3. The van der Waals surface area contributed by atoms with Gasteiger partial charge in [-0.15, -0.1) is 0 Å². The topological polar surface area (TPSA) is 72.6 Å². The van der Waals surface area contributed by atoms with Gasteiger partial charge in [-0.2, -0.15) is 0 Å². The molecular formula is C13H16N2O3. The summed E-state index contributed by atoms with van der Waals surface area (Å²) in [7, 11) is 1.82. The lowest BCUT2D eigenvalue weighted by Gasteiger charge is -2.16. The summed E-state index contributed by atoms with van der Waals surface area (Å²) in [5.74, 6) is 0.0157. The van der Waals surface area contributed by atoms with Crippen LogP contribution in [0.1, 0.15) is 23.2 Å². The molecule has 96 valence electrons. The number of hydrogen-bond acceptors (Lipinski definition) is 3. The molecule has 18 heavy (non-hydrogen) atoms. The first-order chi connectivity index (χ1) is 8.58. The van der Waals surface area contributed by atoms with E-state index in [4.69, 9.17) is 10.5 Å². The summed E-state index contributed by atoms with van der Waals surface area (Å²) in [5, 5.41) is 0. The van der Waals surface area contributed by atoms with Gasteiger partial charge in [0.05, 0.1) is 0 Å². The molecule has 0 saturated heterocycles. The molecule has 2 rings (SSSR count). The van der Waals surface area contributed by atoms with Gasteiger partial charge < -0.3 is 15.4 Å². The Morgan fingerprint density at radius 3 is 2.44 bits per heavy atom. The second-order valence-electron chi connectivity index (χ2n) is 4.43. The van der Waals surface area contributed by atoms with Crippen LogP contribution in [0.3, 0.4) is 0 Å². The van der Waals surface area contributed by atoms with E-state index in [1.165, 1.54) is 0 Å². The molecule has 1 fully saturated rings. The van der Waals surface area contributed by atoms with Crippen molar-refractivity contribution in [2.24, 2.45) is 5.73 Å². The number of amides is 2. The summed E-state index contributed by atoms with van der Waals surface area (Å²) < 4.78 is 5.12. The molecule has 0 spiro atoms. The molecule has 0 unspecified atom stereocenters. The van der Waals surface area contributed by atoms with E-state index in [9.17, 15) is 9.59 Å². The summed E-state index contributed by atoms with van der Waals surface area (Å²) in [6.07, 6.45) is 2.17. The number of ether oxygens (including phenoxy) is 1. The van der Waals surface area contributed by atoms with Gasteiger partial charge >= 0.3 is 0 Å². The van der Waals surface area contributed by atoms with E-state index >= 15 is 0 Å². The third-order valence-corrected chi connectivity index (χ3v) is 2.90. The molecule has 5 heteroatoms. The van der Waals surface area contributed by atoms with Crippen molar-refractivity contribution in [2.45, 2.75) is 18.9 Å². The Balaban J connectivity index is 1.98. The lowest BCUT2D eigenvalue weighted by molar-refractivity contribution is -0.119. The Bertz CT molecular complexity index is 452. The van der Waals surface area contributed by atoms with Crippen LogP contribution in [0.25, 0.3) is 0 Å². The molecule has 0 aliphatic heterocycles. The fraction of sp³-hybridized carbons (Fsp3) is 0.385. The fourth-order valence-corrected chi connectivity index (χ4v) is 1.68. The van der Waals surface area contributed by atoms with Crippen molar-refractivity contribution < 1.29 is 14.3 Å². The van der Waals surface area contributed by atoms with Gasteiger partial charge in [-0.25, -0.2) is 0 Å². The summed E-state index contributed by atoms with van der Waals surface area (Å²) in [5.41, 5.74) is 5.59. The minimum atomic E-state index is -0.524. The zero-order chi connectivity index (χ0) is 13.1. The average molecular weight is 248 g/mol. The molecule has 1 aliphatic carbocycles. The van der Waals surface area contributed by atoms with E-state index < -0.39 is 5.91 Å². The number of carbonyl (C=O) groups is 2. The Hall–Kier alpha value is -2.04. The third kappa shape index (κ3) is 3.00. The van der Waals surface area contributed by atoms with Gasteiger partial charge in [0.25, 0.3) is 11.8 Å². The maximum Gasteiger partial charge on any atom is 0.255 e. The predicted molar refractivity (Wildman–Crippen MR) is 66.2 cm³/mol. The van der Waals surface area contributed by atoms with Gasteiger partial charge in [0.15, 0.2) is 6.61 Å². The first-order valence-electron chi connectivity index (χ1n) is 5.86. The van der Waals surface area contributed by atoms with Crippen molar-refractivity contribution in [3.8, 4) is 5.75 Å². The van der Waals surface area contributed by atoms with Crippen molar-refractivity contribution in [2.75, 3.05) is 13.7 Å². The van der Waals surface area contributed by atoms with Crippen LogP contribution >= 0.6 is 0 Å². The van der Waals surface area contributed by atoms with Gasteiger partial charge in [0, 0.05) is 18.7 Å². The number of carbonyl (C=O) groups excluding carboxylic acids is 2. The number of hydrogen-bond donors (Lipinski definition) is 1. The molecule has 1 saturated carbocycles. The summed E-state index contributed by atoms with van der Waals surface area (Å²) in [6.45, 7) is -0.157. The number of rotatable bonds is 5. The highest BCUT2D eigenvalue weighted by Crippen LogP contribution is 2.26. The molecule has 0 aromatic heterocycles. The van der Waals surface area contributed by atoms with Crippen LogP contribution in [-0.4, -0.2) is 36.4 Å². The van der Waals surface area contributed by atoms with Gasteiger partial charge in [0.2, 0.25) is 0 Å². The smallest absolute Gasteiger partial charge is 0.255 e. The lowest BCUT2D eigenvalue weighted by Crippen LogP contribution is -2.28. The van der Waals surface area contributed by atoms with Crippen LogP contribution in [0, 0.1) is 0 Å². The first kappa shape index (κ1) is 12.4. The second kappa shape index (κ2) is 5.08. The van der Waals surface area contributed by atoms with Crippen molar-refractivity contribution in [1.82, 2.24) is 4.90 Å². The molecule has 0 atom stereocenters. The maximum atomic E-state index is 12.0. The molecular weight excluding hydrogens is 232 g/mol. The van der Waals surface area contributed by atoms with E-state index in [0.29, 0.717) is 17.4 Å². The molecule has 0 radical (unpaired) electrons. The maximum absolute atomic E-state index is 12.0. The Labute approximate surface area is 106 Å². The van der Waals surface area contributed by atoms with Gasteiger partial charge in [-0.05, 0) is 37.1 Å². The van der Waals surface area contributed by atoms with Crippen molar-refractivity contribution >= 4 is 11.8 Å². The molecule has 2 N–H and O–H groups in total. The molecule has 1 aromatic rings. The lowest BCUT2D eigenvalue weighted by atomic mass is 10.2. The summed E-state index contributed by atoms with van der Waals surface area (Å²) in [4.78, 5) is 24.3. The first-order valence-corrected chi connectivity index (χ1v) is 5.86. The van der Waals surface area contributed by atoms with Crippen molar-refractivity contribution in [3.63, 3.8) is 0 Å². The Kier molecular flexibility index (Phi) is 3.50. The van der Waals surface area contributed by atoms with Crippen LogP contribution in [-0.2, 0) is 4.79 Å². The third-order valence-electron chi connectivity index (χ3n) is 2.90. The molecule has 0 bridgehead atoms. The number of primary amides is 1. The van der Waals surface area contributed by atoms with Crippen LogP contribution in [0.2, 0.25) is 0 Å². The van der Waals surface area contributed by atoms with Gasteiger partial charge in [-0.3, -0.25) is 9.59 Å². The normalized spacial score (nSPS) is 14.1. The number of nitrogens with two attached hydrogens (primary N) is 1. The summed E-state index contributed by atoms with van der Waals surface area (Å²) >= 11 is 0. The molecule has 0 heterocycles. The van der Waals surface area contributed by atoms with Crippen LogP contribution in [0.4, 0.5) is 0 Å². The highest BCUT2D eigenvalue weighted by Gasteiger charge is 2.29. The zero-order valence-electron chi connectivity index (χ0n) is 10.3. The molecule has 1 aliphatic rings. The van der Waals surface area contributed by atoms with Gasteiger partial charge in [-0.1, -0.05) is 0 Å². The highest BCUT2D eigenvalue weighted by atomic mass is 16.5. The fourth-order valence-electron chi connectivity index (χ4n) is 1.68. The average Bonchev–Trinajstić information content (AvgIpc) is 3.19. The second-order valence-corrected chi connectivity index (χ2v) is 4.43. The monoisotopic (exact) mass is 248 g/mol. The van der Waals surface area contributed by atoms with Crippen LogP contribution in [0.15, 0.2) is 24.3 Å². The van der Waals surface area contributed by atoms with Crippen LogP contribution in [0.5, 0.6) is 5.75 Å². The van der Waals surface area contributed by atoms with Gasteiger partial charge in [0.1, 0.15) is 5.75 Å². The number of nitrogens with zero attached hydrogens (tertiary/aromatic N) is 1. The van der Waals surface area contributed by atoms with Crippen molar-refractivity contribution in [3.05, 3.63) is 29.8 Å². The summed E-state index contributed by atoms with van der Waals surface area (Å²) in [6, 6.07) is 7.10. The Morgan fingerprint density at radius 2 is 1.94 bits per heavy atom. The van der Waals surface area contributed by atoms with Crippen molar-refractivity contribution in [1.29, 1.82) is 0 Å². The SMILES string of the molecule is CN(C(=O)c1ccc(OCC(N)=O)cc1)C1CC1. The number of benzene rings is 1. The van der Waals surface area contributed by atoms with E-state index in [-0.39, 0.29) is 12.5 Å². The van der Waals surface area contributed by atoms with E-state index in [1.54, 1.807) is 29.2 Å². The minimum Gasteiger partial charge on any atom is -0.484 e. The largest absolute Gasteiger partial charge is 0.484 e. The van der Waals surface area contributed by atoms with E-state index in [0.717, 1.165) is 12.8 Å². The van der Waals surface area contributed by atoms with Crippen LogP contribution < -0.4 is 10.5 Å². The molecule has 1 aromatic carbocycles. The predicted octanol–water partition coefficient (Wildman–Crippen LogP) is 0.785.